The summed E-state index contributed by atoms with van der Waals surface area (Å²) in [5.41, 5.74) is -0.228. The number of fused-ring (bicyclic) bond motifs is 1. The topological polar surface area (TPSA) is 97.1 Å². The van der Waals surface area contributed by atoms with E-state index in [0.717, 1.165) is 0 Å². The summed E-state index contributed by atoms with van der Waals surface area (Å²) in [4.78, 5) is 12.8. The van der Waals surface area contributed by atoms with Crippen molar-refractivity contribution in [3.8, 4) is 0 Å². The maximum atomic E-state index is 14.3. The second-order valence-electron chi connectivity index (χ2n) is 7.44. The Kier molecular flexibility index (Phi) is 4.22. The molecule has 170 valence electrons. The lowest BCUT2D eigenvalue weighted by molar-refractivity contribution is 0.126. The third-order valence-electron chi connectivity index (χ3n) is 5.20. The van der Waals surface area contributed by atoms with Crippen LogP contribution < -0.4 is 10.6 Å². The van der Waals surface area contributed by atoms with E-state index >= 15 is 0 Å². The van der Waals surface area contributed by atoms with Gasteiger partial charge in [0.15, 0.2) is 17.3 Å². The number of aromatic nitrogens is 4. The van der Waals surface area contributed by atoms with Crippen LogP contribution in [0.3, 0.4) is 0 Å². The molecule has 0 bridgehead atoms. The van der Waals surface area contributed by atoms with Crippen molar-refractivity contribution in [3.63, 3.8) is 0 Å². The van der Waals surface area contributed by atoms with Crippen LogP contribution in [0, 0.1) is 17.5 Å². The fourth-order valence-electron chi connectivity index (χ4n) is 3.66. The van der Waals surface area contributed by atoms with Gasteiger partial charge in [-0.15, -0.1) is 0 Å². The minimum absolute atomic E-state index is 0.0180. The molecule has 1 saturated heterocycles. The Bertz CT molecular complexity index is 1320. The molecule has 5 atom stereocenters. The summed E-state index contributed by atoms with van der Waals surface area (Å²) in [6.45, 7) is 0.651. The molecule has 8 nitrogen and oxygen atoms in total. The SMILES string of the molecule is [2H]C1CC([2H])(Nc2ncc3nc(Nc4c(F)cc(F)cc4F)n(C4CCOC4)c3n2)C([2H])([2H])C([2H])C1O. The molecule has 5 unspecified atom stereocenters. The Balaban J connectivity index is 1.56. The molecule has 3 heterocycles. The average molecular weight is 453 g/mol. The van der Waals surface area contributed by atoms with Crippen molar-refractivity contribution in [1.82, 2.24) is 19.5 Å². The lowest BCUT2D eigenvalue weighted by Gasteiger charge is -2.26. The molecule has 1 aromatic carbocycles. The summed E-state index contributed by atoms with van der Waals surface area (Å²) in [7, 11) is 0. The molecule has 32 heavy (non-hydrogen) atoms. The number of hydrogen-bond acceptors (Lipinski definition) is 7. The second-order valence-corrected chi connectivity index (χ2v) is 7.44. The molecule has 2 aliphatic rings. The summed E-state index contributed by atoms with van der Waals surface area (Å²) >= 11 is 0. The summed E-state index contributed by atoms with van der Waals surface area (Å²) in [5, 5.41) is 15.1. The number of halogens is 3. The molecule has 2 fully saturated rings. The zero-order valence-electron chi connectivity index (χ0n) is 21.6. The highest BCUT2D eigenvalue weighted by molar-refractivity contribution is 5.76. The predicted octanol–water partition coefficient (Wildman–Crippen LogP) is 3.66. The first-order valence-corrected chi connectivity index (χ1v) is 9.96. The molecule has 3 N–H and O–H groups in total. The Morgan fingerprint density at radius 3 is 2.75 bits per heavy atom. The summed E-state index contributed by atoms with van der Waals surface area (Å²) in [5.74, 6) is -3.63. The number of anilines is 3. The van der Waals surface area contributed by atoms with Gasteiger partial charge in [-0.25, -0.2) is 23.1 Å². The third-order valence-corrected chi connectivity index (χ3v) is 5.20. The van der Waals surface area contributed by atoms with Gasteiger partial charge in [0.1, 0.15) is 17.0 Å². The number of ether oxygens (including phenoxy) is 1. The summed E-state index contributed by atoms with van der Waals surface area (Å²) < 4.78 is 90.3. The standard InChI is InChI=1S/C21H23F3N6O2/c22-11-7-15(23)18(16(24)8-11)28-21-27-17-9-25-20(26-12-1-3-14(31)4-2-12)29-19(17)30(21)13-5-6-32-10-13/h7-9,12-14,31H,1-6,10H2,(H,27,28)(H,25,26,29)/i1D2,3D,4D,12D. The number of nitrogens with one attached hydrogen (secondary N) is 2. The number of hydrogen-bond donors (Lipinski definition) is 3. The first-order chi connectivity index (χ1) is 17.4. The van der Waals surface area contributed by atoms with Crippen LogP contribution in [0.1, 0.15) is 44.9 Å². The van der Waals surface area contributed by atoms with Crippen LogP contribution in [0.4, 0.5) is 30.8 Å². The zero-order valence-corrected chi connectivity index (χ0v) is 16.6. The number of aliphatic hydroxyl groups is 1. The van der Waals surface area contributed by atoms with Gasteiger partial charge in [0, 0.05) is 30.2 Å². The van der Waals surface area contributed by atoms with E-state index in [2.05, 4.69) is 25.6 Å². The van der Waals surface area contributed by atoms with E-state index in [4.69, 9.17) is 11.6 Å². The molecule has 0 spiro atoms. The molecule has 2 aromatic heterocycles. The van der Waals surface area contributed by atoms with Crippen molar-refractivity contribution in [2.75, 3.05) is 23.8 Å². The van der Waals surface area contributed by atoms with Crippen molar-refractivity contribution < 1.29 is 29.9 Å². The van der Waals surface area contributed by atoms with Gasteiger partial charge < -0.3 is 20.5 Å². The van der Waals surface area contributed by atoms with Crippen molar-refractivity contribution in [2.45, 2.75) is 50.2 Å². The minimum atomic E-state index is -2.56. The van der Waals surface area contributed by atoms with Crippen molar-refractivity contribution in [1.29, 1.82) is 0 Å². The fraction of sp³-hybridized carbons (Fsp3) is 0.476. The molecule has 3 aromatic rings. The van der Waals surface area contributed by atoms with Crippen LogP contribution >= 0.6 is 0 Å². The molecule has 5 rings (SSSR count). The highest BCUT2D eigenvalue weighted by Crippen LogP contribution is 2.32. The normalized spacial score (nSPS) is 34.3. The van der Waals surface area contributed by atoms with E-state index in [-0.39, 0.29) is 35.7 Å². The first-order valence-electron chi connectivity index (χ1n) is 12.6. The highest BCUT2D eigenvalue weighted by Gasteiger charge is 2.27. The molecule has 1 aliphatic heterocycles. The molecular weight excluding hydrogens is 425 g/mol. The Morgan fingerprint density at radius 2 is 2.00 bits per heavy atom. The second kappa shape index (κ2) is 8.55. The van der Waals surface area contributed by atoms with E-state index in [0.29, 0.717) is 25.2 Å². The quantitative estimate of drug-likeness (QED) is 0.542. The Morgan fingerprint density at radius 1 is 1.19 bits per heavy atom. The summed E-state index contributed by atoms with van der Waals surface area (Å²) in [6, 6.07) is -1.50. The smallest absolute Gasteiger partial charge is 0.224 e. The number of imidazole rings is 1. The molecule has 0 amide bonds. The lowest BCUT2D eigenvalue weighted by Crippen LogP contribution is -2.29. The van der Waals surface area contributed by atoms with Gasteiger partial charge in [0.05, 0.1) is 26.3 Å². The van der Waals surface area contributed by atoms with Gasteiger partial charge in [0.25, 0.3) is 0 Å². The Labute approximate surface area is 188 Å². The van der Waals surface area contributed by atoms with Gasteiger partial charge >= 0.3 is 0 Å². The summed E-state index contributed by atoms with van der Waals surface area (Å²) in [6.07, 6.45) is -5.82. The van der Waals surface area contributed by atoms with E-state index in [9.17, 15) is 18.3 Å². The van der Waals surface area contributed by atoms with Gasteiger partial charge in [0.2, 0.25) is 11.9 Å². The van der Waals surface area contributed by atoms with E-state index in [1.165, 1.54) is 10.8 Å². The molecule has 1 saturated carbocycles. The maximum absolute atomic E-state index is 14.3. The number of benzene rings is 1. The van der Waals surface area contributed by atoms with Crippen LogP contribution in [-0.2, 0) is 4.74 Å². The van der Waals surface area contributed by atoms with E-state index in [1.807, 2.05) is 0 Å². The molecule has 11 heteroatoms. The number of nitrogens with zero attached hydrogens (tertiary/aromatic N) is 4. The average Bonchev–Trinajstić information content (AvgIpc) is 3.46. The first kappa shape index (κ1) is 15.8. The molecular formula is C21H23F3N6O2. The fourth-order valence-corrected chi connectivity index (χ4v) is 3.66. The van der Waals surface area contributed by atoms with E-state index in [1.54, 1.807) is 0 Å². The van der Waals surface area contributed by atoms with Crippen LogP contribution in [0.15, 0.2) is 18.3 Å². The highest BCUT2D eigenvalue weighted by atomic mass is 19.1. The maximum Gasteiger partial charge on any atom is 0.224 e. The number of rotatable bonds is 5. The monoisotopic (exact) mass is 453 g/mol. The van der Waals surface area contributed by atoms with Crippen LogP contribution in [0.2, 0.25) is 0 Å². The van der Waals surface area contributed by atoms with Crippen LogP contribution in [-0.4, -0.2) is 50.0 Å². The molecule has 1 aliphatic carbocycles. The zero-order chi connectivity index (χ0) is 26.7. The van der Waals surface area contributed by atoms with Crippen molar-refractivity contribution >= 4 is 28.7 Å². The van der Waals surface area contributed by atoms with Gasteiger partial charge in [-0.1, -0.05) is 0 Å². The van der Waals surface area contributed by atoms with Gasteiger partial charge in [-0.2, -0.15) is 4.98 Å². The lowest BCUT2D eigenvalue weighted by atomic mass is 9.93. The van der Waals surface area contributed by atoms with Crippen LogP contribution in [0.5, 0.6) is 0 Å². The molecule has 0 radical (unpaired) electrons. The third kappa shape index (κ3) is 4.09. The van der Waals surface area contributed by atoms with Crippen LogP contribution in [0.25, 0.3) is 11.2 Å². The van der Waals surface area contributed by atoms with Gasteiger partial charge in [-0.05, 0) is 32.0 Å². The minimum Gasteiger partial charge on any atom is -0.393 e. The van der Waals surface area contributed by atoms with Crippen molar-refractivity contribution in [2.24, 2.45) is 0 Å². The number of aliphatic hydroxyl groups excluding tert-OH is 1. The largest absolute Gasteiger partial charge is 0.393 e. The van der Waals surface area contributed by atoms with Crippen molar-refractivity contribution in [3.05, 3.63) is 35.8 Å². The predicted molar refractivity (Wildman–Crippen MR) is 111 cm³/mol. The Hall–Kier alpha value is -2.92. The van der Waals surface area contributed by atoms with Gasteiger partial charge in [-0.3, -0.25) is 4.57 Å². The van der Waals surface area contributed by atoms with E-state index < -0.39 is 60.8 Å².